The van der Waals surface area contributed by atoms with Gasteiger partial charge in [0.2, 0.25) is 0 Å². The molecular formula is C26H32N4O4. The molecule has 3 aromatic rings. The maximum Gasteiger partial charge on any atom is 0.274 e. The maximum absolute atomic E-state index is 13.0. The zero-order chi connectivity index (χ0) is 23.9. The van der Waals surface area contributed by atoms with Crippen LogP contribution in [0.15, 0.2) is 47.3 Å². The average molecular weight is 465 g/mol. The molecule has 0 bridgehead atoms. The molecule has 4 rings (SSSR count). The van der Waals surface area contributed by atoms with Crippen molar-refractivity contribution in [2.75, 3.05) is 32.8 Å². The standard InChI is InChI=1S/C26H32N4O4/c1-3-33-23-12-11-19(17-24(23)34-4-2)25(31)27-18-22-20-9-5-6-10-21(20)26(32)30(28-22)16-15-29-13-7-8-14-29/h5-6,9-12,17H,3-4,7-8,13-16,18H2,1-2H3,(H,27,31). The van der Waals surface area contributed by atoms with Gasteiger partial charge in [0.15, 0.2) is 11.5 Å². The number of aromatic nitrogens is 2. The number of amides is 1. The quantitative estimate of drug-likeness (QED) is 0.496. The van der Waals surface area contributed by atoms with E-state index >= 15 is 0 Å². The van der Waals surface area contributed by atoms with Gasteiger partial charge in [-0.2, -0.15) is 5.10 Å². The van der Waals surface area contributed by atoms with E-state index in [2.05, 4.69) is 15.3 Å². The zero-order valence-corrected chi connectivity index (χ0v) is 19.9. The van der Waals surface area contributed by atoms with E-state index in [4.69, 9.17) is 9.47 Å². The second kappa shape index (κ2) is 11.2. The monoisotopic (exact) mass is 464 g/mol. The molecular weight excluding hydrogens is 432 g/mol. The number of carbonyl (C=O) groups is 1. The molecule has 2 heterocycles. The highest BCUT2D eigenvalue weighted by Gasteiger charge is 2.16. The highest BCUT2D eigenvalue weighted by molar-refractivity contribution is 5.95. The van der Waals surface area contributed by atoms with Gasteiger partial charge in [0.05, 0.1) is 37.4 Å². The van der Waals surface area contributed by atoms with Crippen LogP contribution >= 0.6 is 0 Å². The van der Waals surface area contributed by atoms with Crippen LogP contribution in [-0.2, 0) is 13.1 Å². The number of fused-ring (bicyclic) bond motifs is 1. The molecule has 1 amide bonds. The lowest BCUT2D eigenvalue weighted by Gasteiger charge is -2.16. The van der Waals surface area contributed by atoms with Crippen molar-refractivity contribution in [3.8, 4) is 11.5 Å². The summed E-state index contributed by atoms with van der Waals surface area (Å²) in [6.07, 6.45) is 2.40. The lowest BCUT2D eigenvalue weighted by atomic mass is 10.1. The molecule has 0 saturated carbocycles. The summed E-state index contributed by atoms with van der Waals surface area (Å²) in [5.74, 6) is 0.902. The van der Waals surface area contributed by atoms with Crippen LogP contribution in [0, 0.1) is 0 Å². The summed E-state index contributed by atoms with van der Waals surface area (Å²) < 4.78 is 12.8. The summed E-state index contributed by atoms with van der Waals surface area (Å²) in [4.78, 5) is 28.3. The van der Waals surface area contributed by atoms with Gasteiger partial charge in [-0.3, -0.25) is 9.59 Å². The molecule has 1 aliphatic rings. The highest BCUT2D eigenvalue weighted by atomic mass is 16.5. The second-order valence-electron chi connectivity index (χ2n) is 8.28. The Morgan fingerprint density at radius 2 is 1.68 bits per heavy atom. The van der Waals surface area contributed by atoms with E-state index in [1.165, 1.54) is 17.5 Å². The Kier molecular flexibility index (Phi) is 7.80. The van der Waals surface area contributed by atoms with Gasteiger partial charge in [0.25, 0.3) is 11.5 Å². The van der Waals surface area contributed by atoms with Crippen LogP contribution in [0.3, 0.4) is 0 Å². The number of hydrogen-bond acceptors (Lipinski definition) is 6. The fourth-order valence-corrected chi connectivity index (χ4v) is 4.29. The van der Waals surface area contributed by atoms with Crippen LogP contribution in [0.25, 0.3) is 10.8 Å². The minimum absolute atomic E-state index is 0.0993. The second-order valence-corrected chi connectivity index (χ2v) is 8.28. The van der Waals surface area contributed by atoms with Crippen LogP contribution in [0.1, 0.15) is 42.7 Å². The predicted molar refractivity (Wildman–Crippen MR) is 132 cm³/mol. The Labute approximate surface area is 199 Å². The molecule has 1 saturated heterocycles. The molecule has 2 aromatic carbocycles. The Balaban J connectivity index is 1.54. The number of hydrogen-bond donors (Lipinski definition) is 1. The Bertz CT molecular complexity index is 1200. The first kappa shape index (κ1) is 23.8. The van der Waals surface area contributed by atoms with Gasteiger partial charge in [0.1, 0.15) is 0 Å². The molecule has 0 spiro atoms. The number of carbonyl (C=O) groups excluding carboxylic acids is 1. The van der Waals surface area contributed by atoms with E-state index in [1.54, 1.807) is 18.2 Å². The van der Waals surface area contributed by atoms with Crippen LogP contribution in [0.4, 0.5) is 0 Å². The van der Waals surface area contributed by atoms with E-state index in [1.807, 2.05) is 38.1 Å². The molecule has 8 heteroatoms. The summed E-state index contributed by atoms with van der Waals surface area (Å²) in [5.41, 5.74) is 1.04. The van der Waals surface area contributed by atoms with Gasteiger partial charge in [-0.15, -0.1) is 0 Å². The van der Waals surface area contributed by atoms with E-state index in [0.29, 0.717) is 47.9 Å². The van der Waals surface area contributed by atoms with Crippen molar-refractivity contribution in [3.63, 3.8) is 0 Å². The number of likely N-dealkylation sites (tertiary alicyclic amines) is 1. The van der Waals surface area contributed by atoms with E-state index in [9.17, 15) is 9.59 Å². The Hall–Kier alpha value is -3.39. The molecule has 1 aliphatic heterocycles. The molecule has 0 radical (unpaired) electrons. The zero-order valence-electron chi connectivity index (χ0n) is 19.9. The maximum atomic E-state index is 13.0. The summed E-state index contributed by atoms with van der Waals surface area (Å²) in [5, 5.41) is 8.95. The molecule has 1 N–H and O–H groups in total. The van der Waals surface area contributed by atoms with Crippen LogP contribution in [0.2, 0.25) is 0 Å². The minimum atomic E-state index is -0.246. The molecule has 0 aliphatic carbocycles. The molecule has 1 aromatic heterocycles. The largest absolute Gasteiger partial charge is 0.490 e. The third kappa shape index (κ3) is 5.39. The van der Waals surface area contributed by atoms with E-state index in [0.717, 1.165) is 25.0 Å². The number of benzene rings is 2. The molecule has 34 heavy (non-hydrogen) atoms. The van der Waals surface area contributed by atoms with E-state index < -0.39 is 0 Å². The summed E-state index contributed by atoms with van der Waals surface area (Å²) in [7, 11) is 0. The Morgan fingerprint density at radius 1 is 0.971 bits per heavy atom. The normalized spacial score (nSPS) is 13.8. The fraction of sp³-hybridized carbons (Fsp3) is 0.423. The topological polar surface area (TPSA) is 85.7 Å². The average Bonchev–Trinajstić information content (AvgIpc) is 3.38. The van der Waals surface area contributed by atoms with Gasteiger partial charge < -0.3 is 19.7 Å². The van der Waals surface area contributed by atoms with Gasteiger partial charge >= 0.3 is 0 Å². The van der Waals surface area contributed by atoms with Crippen molar-refractivity contribution < 1.29 is 14.3 Å². The van der Waals surface area contributed by atoms with Crippen molar-refractivity contribution in [1.29, 1.82) is 0 Å². The van der Waals surface area contributed by atoms with Crippen LogP contribution < -0.4 is 20.3 Å². The van der Waals surface area contributed by atoms with Crippen molar-refractivity contribution in [2.24, 2.45) is 0 Å². The first-order valence-electron chi connectivity index (χ1n) is 12.0. The van der Waals surface area contributed by atoms with Gasteiger partial charge in [0, 0.05) is 17.5 Å². The van der Waals surface area contributed by atoms with Crippen molar-refractivity contribution in [1.82, 2.24) is 20.0 Å². The van der Waals surface area contributed by atoms with Gasteiger partial charge in [-0.25, -0.2) is 4.68 Å². The van der Waals surface area contributed by atoms with Gasteiger partial charge in [-0.1, -0.05) is 18.2 Å². The smallest absolute Gasteiger partial charge is 0.274 e. The van der Waals surface area contributed by atoms with Crippen molar-refractivity contribution in [3.05, 3.63) is 64.1 Å². The van der Waals surface area contributed by atoms with Crippen LogP contribution in [-0.4, -0.2) is 53.4 Å². The predicted octanol–water partition coefficient (Wildman–Crippen LogP) is 3.22. The Morgan fingerprint density at radius 3 is 2.41 bits per heavy atom. The number of ether oxygens (including phenoxy) is 2. The lowest BCUT2D eigenvalue weighted by molar-refractivity contribution is 0.0950. The summed E-state index contributed by atoms with van der Waals surface area (Å²) in [6.45, 7) is 8.44. The summed E-state index contributed by atoms with van der Waals surface area (Å²) >= 11 is 0. The van der Waals surface area contributed by atoms with E-state index in [-0.39, 0.29) is 18.0 Å². The molecule has 8 nitrogen and oxygen atoms in total. The minimum Gasteiger partial charge on any atom is -0.490 e. The third-order valence-electron chi connectivity index (χ3n) is 5.99. The lowest BCUT2D eigenvalue weighted by Crippen LogP contribution is -2.32. The first-order valence-corrected chi connectivity index (χ1v) is 12.0. The first-order chi connectivity index (χ1) is 16.6. The molecule has 1 fully saturated rings. The van der Waals surface area contributed by atoms with Crippen molar-refractivity contribution in [2.45, 2.75) is 39.8 Å². The highest BCUT2D eigenvalue weighted by Crippen LogP contribution is 2.28. The number of rotatable bonds is 10. The molecule has 0 atom stereocenters. The van der Waals surface area contributed by atoms with Crippen LogP contribution in [0.5, 0.6) is 11.5 Å². The number of nitrogens with one attached hydrogen (secondary N) is 1. The SMILES string of the molecule is CCOc1ccc(C(=O)NCc2nn(CCN3CCCC3)c(=O)c3ccccc23)cc1OCC. The molecule has 180 valence electrons. The van der Waals surface area contributed by atoms with Gasteiger partial charge in [-0.05, 0) is 64.0 Å². The molecule has 0 unspecified atom stereocenters. The summed E-state index contributed by atoms with van der Waals surface area (Å²) in [6, 6.07) is 12.6. The van der Waals surface area contributed by atoms with Crippen molar-refractivity contribution >= 4 is 16.7 Å². The fourth-order valence-electron chi connectivity index (χ4n) is 4.29. The third-order valence-corrected chi connectivity index (χ3v) is 5.99. The number of nitrogens with zero attached hydrogens (tertiary/aromatic N) is 3.